The molecule has 32 heavy (non-hydrogen) atoms. The second-order valence-corrected chi connectivity index (χ2v) is 8.20. The highest BCUT2D eigenvalue weighted by Gasteiger charge is 2.17. The Morgan fingerprint density at radius 3 is 2.41 bits per heavy atom. The summed E-state index contributed by atoms with van der Waals surface area (Å²) < 4.78 is 10.7. The van der Waals surface area contributed by atoms with Crippen LogP contribution in [0.3, 0.4) is 0 Å². The fraction of sp³-hybridized carbons (Fsp3) is 0.296. The van der Waals surface area contributed by atoms with Crippen LogP contribution in [-0.2, 0) is 19.5 Å². The molecular formula is C27H30N2O3. The van der Waals surface area contributed by atoms with Crippen molar-refractivity contribution in [3.63, 3.8) is 0 Å². The van der Waals surface area contributed by atoms with E-state index in [-0.39, 0.29) is 5.91 Å². The summed E-state index contributed by atoms with van der Waals surface area (Å²) in [5, 5.41) is 0. The molecule has 1 amide bonds. The number of para-hydroxylation sites is 1. The number of hydrogen-bond donors (Lipinski definition) is 0. The van der Waals surface area contributed by atoms with Crippen LogP contribution in [0.15, 0.2) is 66.7 Å². The first-order chi connectivity index (χ1) is 15.6. The molecule has 0 aromatic heterocycles. The van der Waals surface area contributed by atoms with Gasteiger partial charge in [0.1, 0.15) is 0 Å². The van der Waals surface area contributed by atoms with Crippen molar-refractivity contribution in [3.05, 3.63) is 89.0 Å². The van der Waals surface area contributed by atoms with Crippen LogP contribution in [0.4, 0.5) is 5.69 Å². The smallest absolute Gasteiger partial charge is 0.253 e. The molecule has 1 aliphatic heterocycles. The molecule has 0 N–H and O–H groups in total. The molecule has 1 heterocycles. The predicted molar refractivity (Wildman–Crippen MR) is 128 cm³/mol. The first-order valence-corrected chi connectivity index (χ1v) is 11.0. The van der Waals surface area contributed by atoms with Crippen molar-refractivity contribution in [1.82, 2.24) is 4.90 Å². The molecular weight excluding hydrogens is 400 g/mol. The molecule has 0 saturated carbocycles. The highest BCUT2D eigenvalue weighted by atomic mass is 16.5. The molecule has 5 nitrogen and oxygen atoms in total. The van der Waals surface area contributed by atoms with Crippen molar-refractivity contribution >= 4 is 11.6 Å². The largest absolute Gasteiger partial charge is 0.493 e. The van der Waals surface area contributed by atoms with Crippen LogP contribution in [0.1, 0.15) is 33.5 Å². The number of rotatable bonds is 7. The molecule has 5 heteroatoms. The molecule has 1 aliphatic rings. The number of amides is 1. The monoisotopic (exact) mass is 430 g/mol. The molecule has 0 radical (unpaired) electrons. The lowest BCUT2D eigenvalue weighted by Gasteiger charge is -2.31. The first kappa shape index (κ1) is 21.8. The molecule has 166 valence electrons. The Kier molecular flexibility index (Phi) is 6.64. The van der Waals surface area contributed by atoms with Crippen LogP contribution in [0.2, 0.25) is 0 Å². The molecule has 0 fully saturated rings. The van der Waals surface area contributed by atoms with Gasteiger partial charge in [-0.25, -0.2) is 0 Å². The van der Waals surface area contributed by atoms with Crippen LogP contribution >= 0.6 is 0 Å². The summed E-state index contributed by atoms with van der Waals surface area (Å²) >= 11 is 0. The Morgan fingerprint density at radius 2 is 1.66 bits per heavy atom. The third-order valence-electron chi connectivity index (χ3n) is 6.00. The van der Waals surface area contributed by atoms with Crippen molar-refractivity contribution in [1.29, 1.82) is 0 Å². The zero-order valence-electron chi connectivity index (χ0n) is 19.0. The van der Waals surface area contributed by atoms with Crippen molar-refractivity contribution in [2.75, 3.05) is 32.7 Å². The maximum Gasteiger partial charge on any atom is 0.253 e. The molecule has 0 spiro atoms. The van der Waals surface area contributed by atoms with Crippen molar-refractivity contribution in [3.8, 4) is 11.5 Å². The molecule has 3 aromatic carbocycles. The minimum Gasteiger partial charge on any atom is -0.493 e. The van der Waals surface area contributed by atoms with E-state index in [2.05, 4.69) is 41.3 Å². The van der Waals surface area contributed by atoms with Crippen molar-refractivity contribution in [2.24, 2.45) is 0 Å². The summed E-state index contributed by atoms with van der Waals surface area (Å²) in [5.74, 6) is 1.33. The summed E-state index contributed by atoms with van der Waals surface area (Å²) in [5.41, 5.74) is 5.63. The number of anilines is 1. The second-order valence-electron chi connectivity index (χ2n) is 8.20. The van der Waals surface area contributed by atoms with Gasteiger partial charge in [0.25, 0.3) is 5.91 Å². The van der Waals surface area contributed by atoms with Gasteiger partial charge in [0.05, 0.1) is 14.2 Å². The Morgan fingerprint density at radius 1 is 0.938 bits per heavy atom. The number of carbonyl (C=O) groups excluding carboxylic acids is 1. The Hall–Kier alpha value is -3.47. The number of nitrogens with zero attached hydrogens (tertiary/aromatic N) is 2. The Labute approximate surface area is 190 Å². The van der Waals surface area contributed by atoms with E-state index in [1.807, 2.05) is 37.4 Å². The third-order valence-corrected chi connectivity index (χ3v) is 6.00. The van der Waals surface area contributed by atoms with E-state index >= 15 is 0 Å². The van der Waals surface area contributed by atoms with Gasteiger partial charge in [-0.3, -0.25) is 4.79 Å². The van der Waals surface area contributed by atoms with E-state index in [0.29, 0.717) is 23.6 Å². The molecule has 0 aliphatic carbocycles. The summed E-state index contributed by atoms with van der Waals surface area (Å²) in [6.07, 6.45) is 2.32. The van der Waals surface area contributed by atoms with E-state index in [1.54, 1.807) is 19.1 Å². The van der Waals surface area contributed by atoms with Crippen LogP contribution in [0.25, 0.3) is 0 Å². The number of hydrogen-bond acceptors (Lipinski definition) is 4. The van der Waals surface area contributed by atoms with Gasteiger partial charge >= 0.3 is 0 Å². The van der Waals surface area contributed by atoms with Crippen LogP contribution in [0, 0.1) is 0 Å². The zero-order chi connectivity index (χ0) is 22.5. The standard InChI is InChI=1S/C27H30N2O3/c1-28(18-21-12-15-25(31-2)26(17-21)32-3)27(30)23-13-10-20(11-14-23)19-29-16-6-8-22-7-4-5-9-24(22)29/h4-5,7,9-15,17H,6,8,16,18-19H2,1-3H3. The minimum atomic E-state index is -0.00495. The predicted octanol–water partition coefficient (Wildman–Crippen LogP) is 4.93. The second kappa shape index (κ2) is 9.77. The molecule has 3 aromatic rings. The highest BCUT2D eigenvalue weighted by molar-refractivity contribution is 5.94. The fourth-order valence-electron chi connectivity index (χ4n) is 4.29. The minimum absolute atomic E-state index is 0.00495. The van der Waals surface area contributed by atoms with Gasteiger partial charge in [-0.1, -0.05) is 36.4 Å². The summed E-state index contributed by atoms with van der Waals surface area (Å²) in [4.78, 5) is 17.1. The molecule has 0 bridgehead atoms. The Bertz CT molecular complexity index is 1080. The SMILES string of the molecule is COc1ccc(CN(C)C(=O)c2ccc(CN3CCCc4ccccc43)cc2)cc1OC. The van der Waals surface area contributed by atoms with Gasteiger partial charge < -0.3 is 19.3 Å². The van der Waals surface area contributed by atoms with Gasteiger partial charge in [0, 0.05) is 37.9 Å². The summed E-state index contributed by atoms with van der Waals surface area (Å²) in [7, 11) is 5.04. The third kappa shape index (κ3) is 4.72. The molecule has 0 unspecified atom stereocenters. The first-order valence-electron chi connectivity index (χ1n) is 11.0. The number of carbonyl (C=O) groups is 1. The van der Waals surface area contributed by atoms with Crippen LogP contribution in [0.5, 0.6) is 11.5 Å². The molecule has 4 rings (SSSR count). The van der Waals surface area contributed by atoms with E-state index in [9.17, 15) is 4.79 Å². The molecule has 0 saturated heterocycles. The average Bonchev–Trinajstić information content (AvgIpc) is 2.84. The van der Waals surface area contributed by atoms with Crippen LogP contribution in [-0.4, -0.2) is 38.6 Å². The van der Waals surface area contributed by atoms with Gasteiger partial charge in [-0.15, -0.1) is 0 Å². The topological polar surface area (TPSA) is 42.0 Å². The highest BCUT2D eigenvalue weighted by Crippen LogP contribution is 2.29. The van der Waals surface area contributed by atoms with E-state index in [0.717, 1.165) is 25.1 Å². The number of benzene rings is 3. The number of methoxy groups -OCH3 is 2. The lowest BCUT2D eigenvalue weighted by Crippen LogP contribution is -2.29. The normalized spacial score (nSPS) is 12.8. The fourth-order valence-corrected chi connectivity index (χ4v) is 4.29. The van der Waals surface area contributed by atoms with Crippen LogP contribution < -0.4 is 14.4 Å². The Balaban J connectivity index is 1.41. The summed E-state index contributed by atoms with van der Waals surface area (Å²) in [6, 6.07) is 22.3. The van der Waals surface area contributed by atoms with Crippen molar-refractivity contribution < 1.29 is 14.3 Å². The lowest BCUT2D eigenvalue weighted by molar-refractivity contribution is 0.0785. The number of aryl methyl sites for hydroxylation is 1. The molecule has 0 atom stereocenters. The number of ether oxygens (including phenoxy) is 2. The van der Waals surface area contributed by atoms with E-state index in [1.165, 1.54) is 23.2 Å². The summed E-state index contributed by atoms with van der Waals surface area (Å²) in [6.45, 7) is 2.41. The van der Waals surface area contributed by atoms with Gasteiger partial charge in [-0.2, -0.15) is 0 Å². The van der Waals surface area contributed by atoms with Gasteiger partial charge in [0.15, 0.2) is 11.5 Å². The number of fused-ring (bicyclic) bond motifs is 1. The average molecular weight is 431 g/mol. The van der Waals surface area contributed by atoms with E-state index < -0.39 is 0 Å². The van der Waals surface area contributed by atoms with Crippen molar-refractivity contribution in [2.45, 2.75) is 25.9 Å². The van der Waals surface area contributed by atoms with Gasteiger partial charge in [-0.05, 0) is 59.9 Å². The maximum absolute atomic E-state index is 13.0. The van der Waals surface area contributed by atoms with Gasteiger partial charge in [0.2, 0.25) is 0 Å². The zero-order valence-corrected chi connectivity index (χ0v) is 19.0. The maximum atomic E-state index is 13.0. The lowest BCUT2D eigenvalue weighted by atomic mass is 10.0. The van der Waals surface area contributed by atoms with E-state index in [4.69, 9.17) is 9.47 Å². The quantitative estimate of drug-likeness (QED) is 0.533.